The molecule has 1 amide bonds. The molecule has 1 fully saturated rings. The van der Waals surface area contributed by atoms with Gasteiger partial charge in [0.25, 0.3) is 0 Å². The number of ether oxygens (including phenoxy) is 1. The molecule has 0 radical (unpaired) electrons. The van der Waals surface area contributed by atoms with E-state index >= 15 is 0 Å². The lowest BCUT2D eigenvalue weighted by atomic mass is 9.82. The number of amides is 1. The monoisotopic (exact) mass is 471 g/mol. The van der Waals surface area contributed by atoms with Crippen LogP contribution < -0.4 is 4.90 Å². The van der Waals surface area contributed by atoms with Crippen molar-refractivity contribution in [3.8, 4) is 11.8 Å². The molecule has 1 aliphatic rings. The fraction of sp³-hybridized carbons (Fsp3) is 0.600. The minimum absolute atomic E-state index is 0.0311. The third kappa shape index (κ3) is 6.44. The summed E-state index contributed by atoms with van der Waals surface area (Å²) >= 11 is 1.24. The van der Waals surface area contributed by atoms with E-state index in [0.717, 1.165) is 25.7 Å². The Morgan fingerprint density at radius 2 is 1.97 bits per heavy atom. The minimum atomic E-state index is -0.492. The van der Waals surface area contributed by atoms with Gasteiger partial charge in [0.15, 0.2) is 5.82 Å². The second-order valence-corrected chi connectivity index (χ2v) is 10.7. The van der Waals surface area contributed by atoms with Crippen molar-refractivity contribution in [2.75, 3.05) is 12.0 Å². The van der Waals surface area contributed by atoms with E-state index in [1.54, 1.807) is 11.0 Å². The lowest BCUT2D eigenvalue weighted by Gasteiger charge is -2.30. The quantitative estimate of drug-likeness (QED) is 0.423. The molecule has 0 aliphatic heterocycles. The second kappa shape index (κ2) is 10.5. The molecule has 8 heteroatoms. The Hall–Kier alpha value is -2.66. The zero-order chi connectivity index (χ0) is 24.2. The van der Waals surface area contributed by atoms with Crippen molar-refractivity contribution < 1.29 is 18.8 Å². The van der Waals surface area contributed by atoms with E-state index in [0.29, 0.717) is 39.5 Å². The highest BCUT2D eigenvalue weighted by Gasteiger charge is 2.33. The van der Waals surface area contributed by atoms with Gasteiger partial charge in [-0.1, -0.05) is 30.8 Å². The number of carbonyl (C=O) groups is 2. The average molecular weight is 472 g/mol. The van der Waals surface area contributed by atoms with Gasteiger partial charge in [-0.25, -0.2) is 4.79 Å². The summed E-state index contributed by atoms with van der Waals surface area (Å²) in [6, 6.07) is 1.80. The van der Waals surface area contributed by atoms with Crippen LogP contribution in [0.4, 0.5) is 5.69 Å². The molecule has 2 aromatic rings. The number of aryl methyl sites for hydroxylation is 1. The molecule has 2 aromatic heterocycles. The van der Waals surface area contributed by atoms with Crippen LogP contribution in [-0.4, -0.2) is 29.1 Å². The standard InChI is InChI=1S/C25H33N3O4S/c1-7-20-26-21(32-27-20)15-28(23(29)17-10-8-16(2)9-11-17)19-14-18(12-13-25(3,4)5)33-22(19)24(30)31-6/h14,16-17H,7-11,15H2,1-6H3. The Morgan fingerprint density at radius 1 is 1.27 bits per heavy atom. The van der Waals surface area contributed by atoms with E-state index in [9.17, 15) is 9.59 Å². The maximum absolute atomic E-state index is 13.7. The van der Waals surface area contributed by atoms with E-state index in [1.165, 1.54) is 18.4 Å². The Kier molecular flexibility index (Phi) is 7.96. The van der Waals surface area contributed by atoms with Crippen molar-refractivity contribution in [3.63, 3.8) is 0 Å². The van der Waals surface area contributed by atoms with Crippen LogP contribution in [0.3, 0.4) is 0 Å². The van der Waals surface area contributed by atoms with Crippen LogP contribution in [0.25, 0.3) is 0 Å². The predicted octanol–water partition coefficient (Wildman–Crippen LogP) is 5.24. The Labute approximate surface area is 199 Å². The van der Waals surface area contributed by atoms with Crippen LogP contribution >= 0.6 is 11.3 Å². The van der Waals surface area contributed by atoms with Gasteiger partial charge >= 0.3 is 5.97 Å². The summed E-state index contributed by atoms with van der Waals surface area (Å²) in [5, 5.41) is 3.96. The zero-order valence-electron chi connectivity index (χ0n) is 20.4. The summed E-state index contributed by atoms with van der Waals surface area (Å²) in [5.74, 6) is 7.26. The van der Waals surface area contributed by atoms with Crippen molar-refractivity contribution in [2.24, 2.45) is 17.3 Å². The first kappa shape index (κ1) is 25.0. The molecule has 0 N–H and O–H groups in total. The van der Waals surface area contributed by atoms with Gasteiger partial charge in [-0.15, -0.1) is 11.3 Å². The maximum atomic E-state index is 13.7. The number of hydrogen-bond donors (Lipinski definition) is 0. The molecule has 178 valence electrons. The van der Waals surface area contributed by atoms with E-state index in [4.69, 9.17) is 9.26 Å². The molecule has 0 aromatic carbocycles. The fourth-order valence-corrected chi connectivity index (χ4v) is 4.71. The number of hydrogen-bond acceptors (Lipinski definition) is 7. The SMILES string of the molecule is CCc1noc(CN(C(=O)C2CCC(C)CC2)c2cc(C#CC(C)(C)C)sc2C(=O)OC)n1. The Morgan fingerprint density at radius 3 is 2.55 bits per heavy atom. The number of methoxy groups -OCH3 is 1. The number of esters is 1. The van der Waals surface area contributed by atoms with Crippen LogP contribution in [0.15, 0.2) is 10.6 Å². The number of anilines is 1. The van der Waals surface area contributed by atoms with E-state index in [-0.39, 0.29) is 23.8 Å². The number of nitrogens with zero attached hydrogens (tertiary/aromatic N) is 3. The molecule has 1 aliphatic carbocycles. The van der Waals surface area contributed by atoms with Gasteiger partial charge in [0, 0.05) is 17.8 Å². The largest absolute Gasteiger partial charge is 0.465 e. The summed E-state index contributed by atoms with van der Waals surface area (Å²) in [6.07, 6.45) is 4.32. The maximum Gasteiger partial charge on any atom is 0.350 e. The van der Waals surface area contributed by atoms with E-state index in [2.05, 4.69) is 28.9 Å². The minimum Gasteiger partial charge on any atom is -0.465 e. The van der Waals surface area contributed by atoms with Gasteiger partial charge in [0.1, 0.15) is 11.4 Å². The zero-order valence-corrected chi connectivity index (χ0v) is 21.2. The van der Waals surface area contributed by atoms with Gasteiger partial charge in [-0.3, -0.25) is 4.79 Å². The van der Waals surface area contributed by atoms with Crippen molar-refractivity contribution in [2.45, 2.75) is 73.3 Å². The number of carbonyl (C=O) groups excluding carboxylic acids is 2. The van der Waals surface area contributed by atoms with Crippen LogP contribution in [-0.2, 0) is 22.5 Å². The highest BCUT2D eigenvalue weighted by molar-refractivity contribution is 7.15. The summed E-state index contributed by atoms with van der Waals surface area (Å²) in [5.41, 5.74) is 0.300. The first-order chi connectivity index (χ1) is 15.6. The van der Waals surface area contributed by atoms with Crippen LogP contribution in [0.5, 0.6) is 0 Å². The van der Waals surface area contributed by atoms with Crippen LogP contribution in [0, 0.1) is 29.1 Å². The van der Waals surface area contributed by atoms with Gasteiger partial charge < -0.3 is 14.2 Å². The first-order valence-corrected chi connectivity index (χ1v) is 12.3. The van der Waals surface area contributed by atoms with Crippen LogP contribution in [0.2, 0.25) is 0 Å². The number of rotatable bonds is 6. The molecular weight excluding hydrogens is 438 g/mol. The van der Waals surface area contributed by atoms with Gasteiger partial charge in [-0.05, 0) is 58.4 Å². The summed E-state index contributed by atoms with van der Waals surface area (Å²) in [6.45, 7) is 10.3. The lowest BCUT2D eigenvalue weighted by molar-refractivity contribution is -0.123. The Balaban J connectivity index is 2.03. The second-order valence-electron chi connectivity index (χ2n) is 9.66. The topological polar surface area (TPSA) is 85.5 Å². The molecule has 33 heavy (non-hydrogen) atoms. The highest BCUT2D eigenvalue weighted by Crippen LogP contribution is 2.36. The first-order valence-electron chi connectivity index (χ1n) is 11.5. The number of aromatic nitrogens is 2. The van der Waals surface area contributed by atoms with Gasteiger partial charge in [0.2, 0.25) is 11.8 Å². The summed E-state index contributed by atoms with van der Waals surface area (Å²) in [4.78, 5) is 33.4. The van der Waals surface area contributed by atoms with Crippen molar-refractivity contribution in [1.29, 1.82) is 0 Å². The van der Waals surface area contributed by atoms with E-state index in [1.807, 2.05) is 27.7 Å². The van der Waals surface area contributed by atoms with Gasteiger partial charge in [0.05, 0.1) is 17.7 Å². The van der Waals surface area contributed by atoms with E-state index < -0.39 is 5.97 Å². The third-order valence-electron chi connectivity index (χ3n) is 5.69. The molecule has 0 bridgehead atoms. The highest BCUT2D eigenvalue weighted by atomic mass is 32.1. The molecule has 3 rings (SSSR count). The molecule has 1 saturated carbocycles. The predicted molar refractivity (Wildman–Crippen MR) is 128 cm³/mol. The fourth-order valence-electron chi connectivity index (χ4n) is 3.77. The molecular formula is C25H33N3O4S. The normalized spacial score (nSPS) is 18.4. The molecule has 0 atom stereocenters. The summed E-state index contributed by atoms with van der Waals surface area (Å²) in [7, 11) is 1.34. The van der Waals surface area contributed by atoms with Crippen molar-refractivity contribution in [3.05, 3.63) is 27.5 Å². The molecule has 2 heterocycles. The Bertz CT molecular complexity index is 1050. The summed E-state index contributed by atoms with van der Waals surface area (Å²) < 4.78 is 10.4. The molecule has 0 saturated heterocycles. The third-order valence-corrected chi connectivity index (χ3v) is 6.71. The molecule has 0 unspecified atom stereocenters. The van der Waals surface area contributed by atoms with Crippen molar-refractivity contribution in [1.82, 2.24) is 10.1 Å². The van der Waals surface area contributed by atoms with Gasteiger partial charge in [-0.2, -0.15) is 4.98 Å². The van der Waals surface area contributed by atoms with Crippen molar-refractivity contribution >= 4 is 28.9 Å². The number of thiophene rings is 1. The smallest absolute Gasteiger partial charge is 0.350 e. The average Bonchev–Trinajstić information content (AvgIpc) is 3.42. The molecule has 0 spiro atoms. The lowest BCUT2D eigenvalue weighted by Crippen LogP contribution is -2.38. The molecule has 7 nitrogen and oxygen atoms in total. The van der Waals surface area contributed by atoms with Crippen LogP contribution in [0.1, 0.15) is 86.6 Å².